The number of nitrogens with one attached hydrogen (secondary N) is 2. The highest BCUT2D eigenvalue weighted by Gasteiger charge is 2.17. The van der Waals surface area contributed by atoms with Gasteiger partial charge in [-0.15, -0.1) is 0 Å². The zero-order valence-corrected chi connectivity index (χ0v) is 12.8. The molecule has 1 heterocycles. The van der Waals surface area contributed by atoms with Gasteiger partial charge in [-0.05, 0) is 31.9 Å². The first-order valence-corrected chi connectivity index (χ1v) is 7.59. The molecule has 1 saturated heterocycles. The van der Waals surface area contributed by atoms with Crippen molar-refractivity contribution in [1.29, 1.82) is 0 Å². The number of carbonyl (C=O) groups is 2. The molecule has 1 atom stereocenters. The van der Waals surface area contributed by atoms with Gasteiger partial charge >= 0.3 is 0 Å². The van der Waals surface area contributed by atoms with E-state index < -0.39 is 0 Å². The summed E-state index contributed by atoms with van der Waals surface area (Å²) in [5, 5.41) is 5.36. The molecule has 6 nitrogen and oxygen atoms in total. The predicted molar refractivity (Wildman–Crippen MR) is 81.9 cm³/mol. The van der Waals surface area contributed by atoms with Crippen molar-refractivity contribution in [2.75, 3.05) is 26.3 Å². The summed E-state index contributed by atoms with van der Waals surface area (Å²) in [6.45, 7) is 3.52. The fourth-order valence-electron chi connectivity index (χ4n) is 2.29. The molecular weight excluding hydrogens is 284 g/mol. The summed E-state index contributed by atoms with van der Waals surface area (Å²) in [5.41, 5.74) is 0.427. The Bertz CT molecular complexity index is 513. The van der Waals surface area contributed by atoms with Crippen molar-refractivity contribution in [3.05, 3.63) is 29.8 Å². The number of hydrogen-bond donors (Lipinski definition) is 2. The maximum atomic E-state index is 12.1. The van der Waals surface area contributed by atoms with Crippen molar-refractivity contribution in [3.8, 4) is 5.75 Å². The lowest BCUT2D eigenvalue weighted by atomic mass is 10.2. The van der Waals surface area contributed by atoms with Gasteiger partial charge in [0, 0.05) is 13.2 Å². The van der Waals surface area contributed by atoms with Crippen molar-refractivity contribution >= 4 is 11.8 Å². The molecule has 2 rings (SSSR count). The van der Waals surface area contributed by atoms with Crippen LogP contribution >= 0.6 is 0 Å². The largest absolute Gasteiger partial charge is 0.493 e. The smallest absolute Gasteiger partial charge is 0.255 e. The minimum absolute atomic E-state index is 0.0635. The number of para-hydroxylation sites is 1. The Balaban J connectivity index is 1.78. The molecule has 1 aromatic carbocycles. The van der Waals surface area contributed by atoms with Gasteiger partial charge in [0.2, 0.25) is 5.91 Å². The number of ether oxygens (including phenoxy) is 2. The first-order chi connectivity index (χ1) is 10.7. The summed E-state index contributed by atoms with van der Waals surface area (Å²) in [5.74, 6) is -0.0312. The molecule has 1 aromatic rings. The second kappa shape index (κ2) is 8.38. The van der Waals surface area contributed by atoms with E-state index in [0.717, 1.165) is 19.4 Å². The van der Waals surface area contributed by atoms with Crippen molar-refractivity contribution < 1.29 is 19.1 Å². The number of amides is 2. The van der Waals surface area contributed by atoms with E-state index in [1.165, 1.54) is 0 Å². The minimum Gasteiger partial charge on any atom is -0.493 e. The van der Waals surface area contributed by atoms with Gasteiger partial charge < -0.3 is 20.1 Å². The van der Waals surface area contributed by atoms with E-state index in [1.807, 2.05) is 6.92 Å². The molecule has 0 aromatic heterocycles. The van der Waals surface area contributed by atoms with Crippen LogP contribution in [0.2, 0.25) is 0 Å². The maximum absolute atomic E-state index is 12.1. The molecule has 120 valence electrons. The fraction of sp³-hybridized carbons (Fsp3) is 0.500. The Morgan fingerprint density at radius 3 is 2.86 bits per heavy atom. The van der Waals surface area contributed by atoms with Gasteiger partial charge in [0.1, 0.15) is 5.75 Å². The lowest BCUT2D eigenvalue weighted by molar-refractivity contribution is -0.120. The number of hydrogen-bond acceptors (Lipinski definition) is 4. The van der Waals surface area contributed by atoms with E-state index in [4.69, 9.17) is 9.47 Å². The Hall–Kier alpha value is -2.08. The van der Waals surface area contributed by atoms with E-state index in [9.17, 15) is 9.59 Å². The molecule has 0 aliphatic carbocycles. The molecule has 0 spiro atoms. The third-order valence-corrected chi connectivity index (χ3v) is 3.39. The summed E-state index contributed by atoms with van der Waals surface area (Å²) < 4.78 is 10.8. The van der Waals surface area contributed by atoms with E-state index in [1.54, 1.807) is 24.3 Å². The van der Waals surface area contributed by atoms with Gasteiger partial charge in [-0.2, -0.15) is 0 Å². The molecule has 1 aliphatic rings. The lowest BCUT2D eigenvalue weighted by Crippen LogP contribution is -2.40. The molecule has 2 amide bonds. The summed E-state index contributed by atoms with van der Waals surface area (Å²) in [6, 6.07) is 6.96. The van der Waals surface area contributed by atoms with Crippen LogP contribution < -0.4 is 15.4 Å². The maximum Gasteiger partial charge on any atom is 0.255 e. The summed E-state index contributed by atoms with van der Waals surface area (Å²) in [6.07, 6.45) is 2.10. The van der Waals surface area contributed by atoms with Gasteiger partial charge in [0.15, 0.2) is 0 Å². The molecule has 22 heavy (non-hydrogen) atoms. The van der Waals surface area contributed by atoms with Gasteiger partial charge in [0.05, 0.1) is 24.8 Å². The van der Waals surface area contributed by atoms with Crippen LogP contribution in [0.15, 0.2) is 24.3 Å². The molecule has 0 radical (unpaired) electrons. The predicted octanol–water partition coefficient (Wildman–Crippen LogP) is 1.11. The lowest BCUT2D eigenvalue weighted by Gasteiger charge is -2.12. The molecule has 2 N–H and O–H groups in total. The fourth-order valence-corrected chi connectivity index (χ4v) is 2.29. The highest BCUT2D eigenvalue weighted by atomic mass is 16.5. The average molecular weight is 306 g/mol. The molecule has 0 bridgehead atoms. The summed E-state index contributed by atoms with van der Waals surface area (Å²) in [7, 11) is 0. The third-order valence-electron chi connectivity index (χ3n) is 3.39. The normalized spacial score (nSPS) is 17.0. The number of benzene rings is 1. The third kappa shape index (κ3) is 4.73. The Morgan fingerprint density at radius 1 is 1.32 bits per heavy atom. The first-order valence-electron chi connectivity index (χ1n) is 7.59. The molecule has 1 fully saturated rings. The van der Waals surface area contributed by atoms with Gasteiger partial charge in [-0.3, -0.25) is 9.59 Å². The van der Waals surface area contributed by atoms with E-state index in [0.29, 0.717) is 24.5 Å². The van der Waals surface area contributed by atoms with Crippen molar-refractivity contribution in [2.24, 2.45) is 0 Å². The standard InChI is InChI=1S/C16H22N2O4/c1-2-21-14-8-4-3-7-13(14)16(20)18-11-15(19)17-10-12-6-5-9-22-12/h3-4,7-8,12H,2,5-6,9-11H2,1H3,(H,17,19)(H,18,20)/t12-/m1/s1. The SMILES string of the molecule is CCOc1ccccc1C(=O)NCC(=O)NC[C@H]1CCCO1. The first kappa shape index (κ1) is 16.3. The Kier molecular flexibility index (Phi) is 6.21. The molecule has 0 saturated carbocycles. The zero-order valence-electron chi connectivity index (χ0n) is 12.8. The second-order valence-corrected chi connectivity index (χ2v) is 5.05. The van der Waals surface area contributed by atoms with Crippen molar-refractivity contribution in [2.45, 2.75) is 25.9 Å². The van der Waals surface area contributed by atoms with Crippen molar-refractivity contribution in [1.82, 2.24) is 10.6 Å². The van der Waals surface area contributed by atoms with Crippen LogP contribution in [0, 0.1) is 0 Å². The molecule has 0 unspecified atom stereocenters. The van der Waals surface area contributed by atoms with E-state index in [-0.39, 0.29) is 24.5 Å². The highest BCUT2D eigenvalue weighted by molar-refractivity contribution is 5.98. The number of carbonyl (C=O) groups excluding carboxylic acids is 2. The van der Waals surface area contributed by atoms with Crippen LogP contribution in [-0.4, -0.2) is 44.2 Å². The van der Waals surface area contributed by atoms with Crippen LogP contribution in [0.25, 0.3) is 0 Å². The Morgan fingerprint density at radius 2 is 2.14 bits per heavy atom. The monoisotopic (exact) mass is 306 g/mol. The van der Waals surface area contributed by atoms with Crippen LogP contribution in [0.1, 0.15) is 30.1 Å². The molecule has 6 heteroatoms. The van der Waals surface area contributed by atoms with E-state index in [2.05, 4.69) is 10.6 Å². The molecular formula is C16H22N2O4. The van der Waals surface area contributed by atoms with E-state index >= 15 is 0 Å². The average Bonchev–Trinajstić information content (AvgIpc) is 3.05. The molecule has 1 aliphatic heterocycles. The second-order valence-electron chi connectivity index (χ2n) is 5.05. The van der Waals surface area contributed by atoms with Crippen LogP contribution in [0.4, 0.5) is 0 Å². The highest BCUT2D eigenvalue weighted by Crippen LogP contribution is 2.17. The summed E-state index contributed by atoms with van der Waals surface area (Å²) >= 11 is 0. The number of rotatable bonds is 7. The van der Waals surface area contributed by atoms with Gasteiger partial charge in [-0.25, -0.2) is 0 Å². The zero-order chi connectivity index (χ0) is 15.8. The van der Waals surface area contributed by atoms with Crippen LogP contribution in [0.3, 0.4) is 0 Å². The van der Waals surface area contributed by atoms with Crippen LogP contribution in [-0.2, 0) is 9.53 Å². The van der Waals surface area contributed by atoms with Gasteiger partial charge in [-0.1, -0.05) is 12.1 Å². The van der Waals surface area contributed by atoms with Crippen LogP contribution in [0.5, 0.6) is 5.75 Å². The minimum atomic E-state index is -0.323. The Labute approximate surface area is 130 Å². The quantitative estimate of drug-likeness (QED) is 0.791. The topological polar surface area (TPSA) is 76.7 Å². The van der Waals surface area contributed by atoms with Crippen molar-refractivity contribution in [3.63, 3.8) is 0 Å². The summed E-state index contributed by atoms with van der Waals surface area (Å²) in [4.78, 5) is 23.8. The van der Waals surface area contributed by atoms with Gasteiger partial charge in [0.25, 0.3) is 5.91 Å².